The second-order valence-electron chi connectivity index (χ2n) is 9.99. The molecule has 1 aromatic rings. The Hall–Kier alpha value is -2.04. The van der Waals surface area contributed by atoms with E-state index in [0.29, 0.717) is 36.5 Å². The number of Topliss-reactive ketones (excluding diaryl/α,β-unsaturated/α-hetero) is 1. The molecule has 4 rings (SSSR count). The lowest BCUT2D eigenvalue weighted by atomic mass is 9.94. The van der Waals surface area contributed by atoms with Crippen molar-refractivity contribution >= 4 is 11.7 Å². The molecule has 4 N–H and O–H groups in total. The zero-order chi connectivity index (χ0) is 24.4. The van der Waals surface area contributed by atoms with Crippen molar-refractivity contribution in [3.05, 3.63) is 29.3 Å². The molecule has 34 heavy (non-hydrogen) atoms. The lowest BCUT2D eigenvalue weighted by Crippen LogP contribution is -2.62. The summed E-state index contributed by atoms with van der Waals surface area (Å²) in [6, 6.07) is 6.17. The molecule has 1 aromatic carbocycles. The molecule has 0 aliphatic carbocycles. The Morgan fingerprint density at radius 3 is 2.56 bits per heavy atom. The SMILES string of the molecule is CCCC1NN(C)C2C(=O)NC(c3cc(C(=O)CN4C[C@@H](C)N[C@@H](C)C4)ccc3OCC)NC12. The average Bonchev–Trinajstić information content (AvgIpc) is 3.09. The van der Waals surface area contributed by atoms with Gasteiger partial charge in [0.05, 0.1) is 19.2 Å². The highest BCUT2D eigenvalue weighted by Gasteiger charge is 2.48. The van der Waals surface area contributed by atoms with Gasteiger partial charge in [-0.15, -0.1) is 0 Å². The van der Waals surface area contributed by atoms with Crippen molar-refractivity contribution in [3.8, 4) is 5.75 Å². The third-order valence-electron chi connectivity index (χ3n) is 7.02. The minimum absolute atomic E-state index is 0.0228. The van der Waals surface area contributed by atoms with Crippen molar-refractivity contribution < 1.29 is 14.3 Å². The molecule has 9 heteroatoms. The van der Waals surface area contributed by atoms with E-state index in [4.69, 9.17) is 4.74 Å². The van der Waals surface area contributed by atoms with Crippen LogP contribution in [0.4, 0.5) is 0 Å². The molecule has 3 aliphatic heterocycles. The standard InChI is InChI=1S/C25H40N6O3/c1-6-8-19-22-23(30(5)29-19)25(33)28-24(27-22)18-11-17(9-10-21(18)34-7-2)20(32)14-31-12-15(3)26-16(4)13-31/h9-11,15-16,19,22-24,26-27,29H,6-8,12-14H2,1-5H3,(H,28,33)/t15-,16+,19?,22?,23?,24?. The van der Waals surface area contributed by atoms with E-state index in [2.05, 4.69) is 47.0 Å². The number of piperazine rings is 1. The number of benzene rings is 1. The largest absolute Gasteiger partial charge is 0.493 e. The Bertz CT molecular complexity index is 885. The summed E-state index contributed by atoms with van der Waals surface area (Å²) in [7, 11) is 1.91. The fourth-order valence-electron chi connectivity index (χ4n) is 5.71. The average molecular weight is 473 g/mol. The second kappa shape index (κ2) is 10.7. The molecule has 188 valence electrons. The highest BCUT2D eigenvalue weighted by molar-refractivity contribution is 5.98. The normalized spacial score (nSPS) is 32.3. The first-order valence-corrected chi connectivity index (χ1v) is 12.6. The van der Waals surface area contributed by atoms with Crippen molar-refractivity contribution in [2.45, 2.75) is 76.9 Å². The number of rotatable bonds is 8. The van der Waals surface area contributed by atoms with E-state index in [1.54, 1.807) is 0 Å². The third-order valence-corrected chi connectivity index (χ3v) is 7.02. The quantitative estimate of drug-likeness (QED) is 0.417. The number of nitrogens with one attached hydrogen (secondary N) is 4. The summed E-state index contributed by atoms with van der Waals surface area (Å²) in [4.78, 5) is 28.5. The van der Waals surface area contributed by atoms with E-state index in [1.807, 2.05) is 37.2 Å². The van der Waals surface area contributed by atoms with Crippen molar-refractivity contribution in [2.75, 3.05) is 33.3 Å². The number of ketones is 1. The van der Waals surface area contributed by atoms with Gasteiger partial charge in [0.25, 0.3) is 0 Å². The molecule has 3 fully saturated rings. The van der Waals surface area contributed by atoms with Crippen LogP contribution in [0.2, 0.25) is 0 Å². The fraction of sp³-hybridized carbons (Fsp3) is 0.680. The van der Waals surface area contributed by atoms with Crippen LogP contribution in [0.3, 0.4) is 0 Å². The Labute approximate surface area is 202 Å². The monoisotopic (exact) mass is 472 g/mol. The van der Waals surface area contributed by atoms with Crippen molar-refractivity contribution in [2.24, 2.45) is 0 Å². The number of fused-ring (bicyclic) bond motifs is 1. The van der Waals surface area contributed by atoms with Gasteiger partial charge in [0.15, 0.2) is 5.78 Å². The summed E-state index contributed by atoms with van der Waals surface area (Å²) in [5, 5.41) is 12.2. The van der Waals surface area contributed by atoms with Crippen LogP contribution in [0.5, 0.6) is 5.75 Å². The van der Waals surface area contributed by atoms with Crippen LogP contribution in [0.25, 0.3) is 0 Å². The van der Waals surface area contributed by atoms with E-state index in [0.717, 1.165) is 31.5 Å². The molecule has 3 aliphatic rings. The lowest BCUT2D eigenvalue weighted by Gasteiger charge is -2.37. The number of hydrogen-bond donors (Lipinski definition) is 4. The van der Waals surface area contributed by atoms with Gasteiger partial charge in [-0.1, -0.05) is 13.3 Å². The van der Waals surface area contributed by atoms with Crippen molar-refractivity contribution in [3.63, 3.8) is 0 Å². The number of carbonyl (C=O) groups excluding carboxylic acids is 2. The predicted octanol–water partition coefficient (Wildman–Crippen LogP) is 1.02. The van der Waals surface area contributed by atoms with Gasteiger partial charge >= 0.3 is 0 Å². The van der Waals surface area contributed by atoms with Gasteiger partial charge in [-0.25, -0.2) is 10.4 Å². The second-order valence-corrected chi connectivity index (χ2v) is 9.99. The molecule has 3 saturated heterocycles. The molecule has 0 spiro atoms. The summed E-state index contributed by atoms with van der Waals surface area (Å²) in [5.74, 6) is 0.744. The van der Waals surface area contributed by atoms with E-state index in [9.17, 15) is 9.59 Å². The zero-order valence-electron chi connectivity index (χ0n) is 21.1. The van der Waals surface area contributed by atoms with Gasteiger partial charge in [0, 0.05) is 49.4 Å². The molecule has 9 nitrogen and oxygen atoms in total. The Morgan fingerprint density at radius 1 is 1.15 bits per heavy atom. The highest BCUT2D eigenvalue weighted by Crippen LogP contribution is 2.31. The van der Waals surface area contributed by atoms with E-state index >= 15 is 0 Å². The number of nitrogens with zero attached hydrogens (tertiary/aromatic N) is 2. The highest BCUT2D eigenvalue weighted by atomic mass is 16.5. The Kier molecular flexibility index (Phi) is 7.89. The van der Waals surface area contributed by atoms with Crippen molar-refractivity contribution in [1.82, 2.24) is 31.3 Å². The first kappa shape index (κ1) is 25.1. The zero-order valence-corrected chi connectivity index (χ0v) is 21.1. The molecule has 0 aromatic heterocycles. The van der Waals surface area contributed by atoms with Gasteiger partial charge < -0.3 is 15.4 Å². The number of hydrazine groups is 1. The van der Waals surface area contributed by atoms with Crippen LogP contribution in [0, 0.1) is 0 Å². The van der Waals surface area contributed by atoms with Gasteiger partial charge in [0.1, 0.15) is 18.0 Å². The summed E-state index contributed by atoms with van der Waals surface area (Å²) < 4.78 is 5.90. The van der Waals surface area contributed by atoms with Crippen LogP contribution in [-0.2, 0) is 4.79 Å². The number of amides is 1. The molecular formula is C25H40N6O3. The smallest absolute Gasteiger partial charge is 0.241 e. The first-order valence-electron chi connectivity index (χ1n) is 12.6. The maximum Gasteiger partial charge on any atom is 0.241 e. The number of carbonyl (C=O) groups is 2. The molecule has 3 heterocycles. The van der Waals surface area contributed by atoms with Crippen LogP contribution in [-0.4, -0.2) is 85.1 Å². The first-order chi connectivity index (χ1) is 16.3. The van der Waals surface area contributed by atoms with Gasteiger partial charge in [-0.2, -0.15) is 0 Å². The Balaban J connectivity index is 1.56. The predicted molar refractivity (Wildman–Crippen MR) is 132 cm³/mol. The number of hydrogen-bond acceptors (Lipinski definition) is 8. The molecule has 0 bridgehead atoms. The van der Waals surface area contributed by atoms with Crippen LogP contribution in [0.15, 0.2) is 18.2 Å². The lowest BCUT2D eigenvalue weighted by molar-refractivity contribution is -0.129. The van der Waals surface area contributed by atoms with Gasteiger partial charge in [-0.05, 0) is 45.4 Å². The molecule has 0 radical (unpaired) electrons. The molecular weight excluding hydrogens is 432 g/mol. The number of ether oxygens (including phenoxy) is 1. The van der Waals surface area contributed by atoms with Gasteiger partial charge in [-0.3, -0.25) is 19.8 Å². The molecule has 4 unspecified atom stereocenters. The van der Waals surface area contributed by atoms with Gasteiger partial charge in [0.2, 0.25) is 5.91 Å². The summed E-state index contributed by atoms with van der Waals surface area (Å²) >= 11 is 0. The van der Waals surface area contributed by atoms with E-state index in [-0.39, 0.29) is 29.8 Å². The summed E-state index contributed by atoms with van der Waals surface area (Å²) in [6.45, 7) is 11.0. The fourth-order valence-corrected chi connectivity index (χ4v) is 5.71. The summed E-state index contributed by atoms with van der Waals surface area (Å²) in [6.07, 6.45) is 1.58. The minimum Gasteiger partial charge on any atom is -0.493 e. The third kappa shape index (κ3) is 5.28. The van der Waals surface area contributed by atoms with E-state index in [1.165, 1.54) is 0 Å². The van der Waals surface area contributed by atoms with Crippen molar-refractivity contribution in [1.29, 1.82) is 0 Å². The molecule has 1 amide bonds. The maximum atomic E-state index is 13.2. The Morgan fingerprint density at radius 2 is 1.88 bits per heavy atom. The van der Waals surface area contributed by atoms with Crippen LogP contribution < -0.4 is 26.1 Å². The molecule has 6 atom stereocenters. The van der Waals surface area contributed by atoms with E-state index < -0.39 is 6.17 Å². The van der Waals surface area contributed by atoms with Crippen LogP contribution >= 0.6 is 0 Å². The number of likely N-dealkylation sites (N-methyl/N-ethyl adjacent to an activating group) is 1. The minimum atomic E-state index is -0.421. The summed E-state index contributed by atoms with van der Waals surface area (Å²) in [5.41, 5.74) is 4.87. The molecule has 0 saturated carbocycles. The topological polar surface area (TPSA) is 98.0 Å². The maximum absolute atomic E-state index is 13.2. The van der Waals surface area contributed by atoms with Crippen LogP contribution in [0.1, 0.15) is 62.6 Å².